The van der Waals surface area contributed by atoms with Crippen LogP contribution in [0.3, 0.4) is 0 Å². The van der Waals surface area contributed by atoms with Gasteiger partial charge < -0.3 is 32.6 Å². The number of hydrogen-bond acceptors (Lipinski definition) is 10. The minimum Gasteiger partial charge on any atom is -0.756 e. The summed E-state index contributed by atoms with van der Waals surface area (Å²) in [7, 11) is 1.05. The highest BCUT2D eigenvalue weighted by molar-refractivity contribution is 7.45. The van der Waals surface area contributed by atoms with E-state index in [0.29, 0.717) is 30.3 Å². The van der Waals surface area contributed by atoms with Gasteiger partial charge >= 0.3 is 11.9 Å². The number of likely N-dealkylation sites (N-methyl/N-ethyl adjacent to an activating group) is 1. The third-order valence-electron chi connectivity index (χ3n) is 10.2. The number of hydrogen-bond donors (Lipinski definition) is 0. The molecule has 11 nitrogen and oxygen atoms in total. The molecule has 1 aliphatic carbocycles. The average Bonchev–Trinajstić information content (AvgIpc) is 3.80. The Hall–Kier alpha value is -2.14. The van der Waals surface area contributed by atoms with Gasteiger partial charge in [0.2, 0.25) is 0 Å². The Morgan fingerprint density at radius 1 is 0.821 bits per heavy atom. The molecule has 0 bridgehead atoms. The number of quaternary nitrogens is 1. The monoisotopic (exact) mass is 810 g/mol. The topological polar surface area (TPSA) is 141 Å². The summed E-state index contributed by atoms with van der Waals surface area (Å²) in [6.07, 6.45) is 30.9. The van der Waals surface area contributed by atoms with Crippen molar-refractivity contribution in [3.05, 3.63) is 36.0 Å². The third kappa shape index (κ3) is 25.3. The minimum atomic E-state index is -4.68. The standard InChI is InChI=1S/C44H76NO10P/c1-6-8-10-12-14-15-16-17-18-19-20-22-24-28-43(47)51-35-38(36-53-56(49,50)52-33-32-45(3,4)5)54-44(48)29-25-27-41-42(55-41)34-39-37(30-31-40(39)46)26-23-21-13-11-9-7-2/h21,23,30-31,34,37-38,41-42H,6-20,22,24-29,32-33,35-36H2,1-5H3/b23-21-,39-34+/t37-,38-,41+,42+/m0/s1. The summed E-state index contributed by atoms with van der Waals surface area (Å²) >= 11 is 0. The summed E-state index contributed by atoms with van der Waals surface area (Å²) in [4.78, 5) is 50.3. The Kier molecular flexibility index (Phi) is 26.0. The predicted molar refractivity (Wildman–Crippen MR) is 220 cm³/mol. The molecule has 1 saturated heterocycles. The van der Waals surface area contributed by atoms with E-state index < -0.39 is 32.5 Å². The van der Waals surface area contributed by atoms with Crippen LogP contribution in [0.4, 0.5) is 0 Å². The van der Waals surface area contributed by atoms with Crippen molar-refractivity contribution in [3.63, 3.8) is 0 Å². The first-order valence-corrected chi connectivity index (χ1v) is 23.3. The van der Waals surface area contributed by atoms with E-state index in [-0.39, 0.29) is 50.0 Å². The first kappa shape index (κ1) is 50.0. The molecular weight excluding hydrogens is 733 g/mol. The first-order chi connectivity index (χ1) is 26.8. The van der Waals surface area contributed by atoms with E-state index in [4.69, 9.17) is 23.3 Å². The fraction of sp³-hybridized carbons (Fsp3) is 0.795. The molecule has 1 aliphatic heterocycles. The zero-order chi connectivity index (χ0) is 41.1. The number of rotatable bonds is 35. The van der Waals surface area contributed by atoms with Crippen LogP contribution in [-0.2, 0) is 42.2 Å². The van der Waals surface area contributed by atoms with Gasteiger partial charge in [0, 0.05) is 24.3 Å². The van der Waals surface area contributed by atoms with Gasteiger partial charge in [0.1, 0.15) is 25.9 Å². The molecule has 0 saturated carbocycles. The zero-order valence-corrected chi connectivity index (χ0v) is 36.5. The highest BCUT2D eigenvalue weighted by Gasteiger charge is 2.38. The van der Waals surface area contributed by atoms with E-state index in [9.17, 15) is 23.8 Å². The maximum absolute atomic E-state index is 12.8. The van der Waals surface area contributed by atoms with Crippen LogP contribution in [0.1, 0.15) is 155 Å². The Morgan fingerprint density at radius 2 is 1.43 bits per heavy atom. The lowest BCUT2D eigenvalue weighted by atomic mass is 9.96. The van der Waals surface area contributed by atoms with E-state index in [1.807, 2.05) is 33.3 Å². The van der Waals surface area contributed by atoms with Crippen LogP contribution in [-0.4, -0.2) is 88.0 Å². The zero-order valence-electron chi connectivity index (χ0n) is 35.6. The molecule has 0 aromatic heterocycles. The second-order valence-corrected chi connectivity index (χ2v) is 18.0. The van der Waals surface area contributed by atoms with Gasteiger partial charge in [0.15, 0.2) is 11.9 Å². The molecule has 5 atom stereocenters. The molecule has 0 aromatic rings. The van der Waals surface area contributed by atoms with Gasteiger partial charge in [-0.05, 0) is 50.7 Å². The summed E-state index contributed by atoms with van der Waals surface area (Å²) in [5, 5.41) is 0. The molecule has 2 aliphatic rings. The number of phosphoric ester groups is 1. The Labute approximate surface area is 339 Å². The van der Waals surface area contributed by atoms with E-state index in [2.05, 4.69) is 26.0 Å². The fourth-order valence-corrected chi connectivity index (χ4v) is 7.30. The highest BCUT2D eigenvalue weighted by atomic mass is 31.2. The lowest BCUT2D eigenvalue weighted by molar-refractivity contribution is -0.870. The van der Waals surface area contributed by atoms with E-state index in [1.54, 1.807) is 6.08 Å². The van der Waals surface area contributed by atoms with Crippen molar-refractivity contribution in [1.82, 2.24) is 0 Å². The smallest absolute Gasteiger partial charge is 0.306 e. The van der Waals surface area contributed by atoms with E-state index >= 15 is 0 Å². The van der Waals surface area contributed by atoms with Gasteiger partial charge in [-0.25, -0.2) is 0 Å². The molecule has 0 N–H and O–H groups in total. The van der Waals surface area contributed by atoms with Crippen molar-refractivity contribution < 1.29 is 51.6 Å². The van der Waals surface area contributed by atoms with Crippen molar-refractivity contribution >= 4 is 25.5 Å². The lowest BCUT2D eigenvalue weighted by Crippen LogP contribution is -2.37. The van der Waals surface area contributed by atoms with Gasteiger partial charge in [-0.2, -0.15) is 0 Å². The Balaban J connectivity index is 1.74. The first-order valence-electron chi connectivity index (χ1n) is 21.8. The summed E-state index contributed by atoms with van der Waals surface area (Å²) in [5.41, 5.74) is 0.763. The van der Waals surface area contributed by atoms with Gasteiger partial charge in [0.05, 0.1) is 33.9 Å². The molecule has 322 valence electrons. The van der Waals surface area contributed by atoms with Crippen LogP contribution < -0.4 is 4.89 Å². The SMILES string of the molecule is CCCCC/C=C\C[C@H]1C=CC(=O)/C1=C/[C@H]1O[C@@H]1CCCC(=O)O[C@@H](COC(=O)CCCCCCCCCCCCCCC)COP(=O)([O-])OCC[N+](C)(C)C. The van der Waals surface area contributed by atoms with Crippen LogP contribution in [0.5, 0.6) is 0 Å². The molecule has 0 amide bonds. The quantitative estimate of drug-likeness (QED) is 0.0116. The molecule has 1 heterocycles. The number of epoxide rings is 1. The van der Waals surface area contributed by atoms with Gasteiger partial charge in [-0.1, -0.05) is 122 Å². The highest BCUT2D eigenvalue weighted by Crippen LogP contribution is 2.38. The molecular formula is C44H76NO10P. The van der Waals surface area contributed by atoms with Crippen LogP contribution >= 0.6 is 7.82 Å². The van der Waals surface area contributed by atoms with Gasteiger partial charge in [-0.3, -0.25) is 18.9 Å². The molecule has 0 radical (unpaired) electrons. The van der Waals surface area contributed by atoms with Crippen LogP contribution in [0.25, 0.3) is 0 Å². The molecule has 56 heavy (non-hydrogen) atoms. The molecule has 2 rings (SSSR count). The van der Waals surface area contributed by atoms with E-state index in [0.717, 1.165) is 37.7 Å². The number of unbranched alkanes of at least 4 members (excludes halogenated alkanes) is 15. The van der Waals surface area contributed by atoms with Crippen LogP contribution in [0, 0.1) is 5.92 Å². The second-order valence-electron chi connectivity index (χ2n) is 16.6. The van der Waals surface area contributed by atoms with Crippen molar-refractivity contribution in [1.29, 1.82) is 0 Å². The molecule has 1 unspecified atom stereocenters. The number of ether oxygens (including phenoxy) is 3. The maximum atomic E-state index is 12.8. The van der Waals surface area contributed by atoms with Crippen LogP contribution in [0.15, 0.2) is 36.0 Å². The number of carbonyl (C=O) groups is 3. The average molecular weight is 810 g/mol. The predicted octanol–water partition coefficient (Wildman–Crippen LogP) is 9.28. The Morgan fingerprint density at radius 3 is 2.07 bits per heavy atom. The van der Waals surface area contributed by atoms with Crippen molar-refractivity contribution in [2.24, 2.45) is 5.92 Å². The Bertz CT molecular complexity index is 1260. The lowest BCUT2D eigenvalue weighted by Gasteiger charge is -2.28. The number of ketones is 1. The number of allylic oxidation sites excluding steroid dienone is 5. The summed E-state index contributed by atoms with van der Waals surface area (Å²) in [5.74, 6) is -0.910. The fourth-order valence-electron chi connectivity index (χ4n) is 6.57. The van der Waals surface area contributed by atoms with Crippen molar-refractivity contribution in [3.8, 4) is 0 Å². The number of esters is 2. The van der Waals surface area contributed by atoms with Crippen molar-refractivity contribution in [2.45, 2.75) is 173 Å². The summed E-state index contributed by atoms with van der Waals surface area (Å²) < 4.78 is 39.7. The summed E-state index contributed by atoms with van der Waals surface area (Å²) in [6, 6.07) is 0. The minimum absolute atomic E-state index is 0.0203. The number of carbonyl (C=O) groups excluding carboxylic acids is 3. The van der Waals surface area contributed by atoms with E-state index in [1.165, 1.54) is 77.0 Å². The normalized spacial score (nSPS) is 20.5. The molecule has 0 spiro atoms. The number of phosphoric acid groups is 1. The number of nitrogens with zero attached hydrogens (tertiary/aromatic N) is 1. The van der Waals surface area contributed by atoms with Crippen molar-refractivity contribution in [2.75, 3.05) is 47.5 Å². The molecule has 12 heteroatoms. The molecule has 0 aromatic carbocycles. The molecule has 1 fully saturated rings. The third-order valence-corrected chi connectivity index (χ3v) is 11.1. The largest absolute Gasteiger partial charge is 0.756 e. The second kappa shape index (κ2) is 29.1. The maximum Gasteiger partial charge on any atom is 0.306 e. The van der Waals surface area contributed by atoms with Gasteiger partial charge in [-0.15, -0.1) is 0 Å². The van der Waals surface area contributed by atoms with Gasteiger partial charge in [0.25, 0.3) is 7.82 Å². The summed E-state index contributed by atoms with van der Waals surface area (Å²) in [6.45, 7) is 3.96. The van der Waals surface area contributed by atoms with Crippen LogP contribution in [0.2, 0.25) is 0 Å².